The van der Waals surface area contributed by atoms with Crippen molar-refractivity contribution < 1.29 is 57.2 Å². The Labute approximate surface area is 434 Å². The van der Waals surface area contributed by atoms with Crippen LogP contribution >= 0.6 is 0 Å². The van der Waals surface area contributed by atoms with E-state index in [0.29, 0.717) is 29.3 Å². The molecule has 18 nitrogen and oxygen atoms in total. The number of carbonyl (C=O) groups excluding carboxylic acids is 7. The molecule has 0 aliphatic heterocycles. The maximum Gasteiger partial charge on any atom is 0.419 e. The molecule has 74 heavy (non-hydrogen) atoms. The minimum atomic E-state index is -1.28. The largest absolute Gasteiger partial charge is 0.460 e. The van der Waals surface area contributed by atoms with Crippen LogP contribution in [0.3, 0.4) is 0 Å². The highest BCUT2D eigenvalue weighted by Crippen LogP contribution is 2.44. The second-order valence-electron chi connectivity index (χ2n) is 21.2. The molecule has 0 fully saturated rings. The first-order chi connectivity index (χ1) is 34.9. The number of alkyl carbamates (subject to hydrolysis) is 3. The van der Waals surface area contributed by atoms with E-state index in [9.17, 15) is 33.6 Å². The van der Waals surface area contributed by atoms with Crippen LogP contribution in [0.4, 0.5) is 19.2 Å². The zero-order valence-electron chi connectivity index (χ0n) is 44.5. The van der Waals surface area contributed by atoms with Gasteiger partial charge in [0.05, 0.1) is 5.52 Å². The van der Waals surface area contributed by atoms with Gasteiger partial charge in [-0.25, -0.2) is 24.0 Å². The highest BCUT2D eigenvalue weighted by Gasteiger charge is 2.36. The van der Waals surface area contributed by atoms with Gasteiger partial charge in [0.1, 0.15) is 48.1 Å². The summed E-state index contributed by atoms with van der Waals surface area (Å²) in [4.78, 5) is 96.9. The third kappa shape index (κ3) is 16.8. The molecule has 1 aromatic heterocycles. The molecular formula is C56H74N6O12. The second kappa shape index (κ2) is 25.5. The molecule has 4 N–H and O–H groups in total. The van der Waals surface area contributed by atoms with E-state index in [1.807, 2.05) is 48.5 Å². The van der Waals surface area contributed by atoms with E-state index >= 15 is 0 Å². The van der Waals surface area contributed by atoms with Gasteiger partial charge in [0.25, 0.3) is 0 Å². The number of fused-ring (bicyclic) bond motifs is 4. The molecule has 1 aliphatic carbocycles. The van der Waals surface area contributed by atoms with E-state index in [4.69, 9.17) is 23.7 Å². The first-order valence-corrected chi connectivity index (χ1v) is 25.1. The van der Waals surface area contributed by atoms with Crippen molar-refractivity contribution in [3.63, 3.8) is 0 Å². The van der Waals surface area contributed by atoms with Gasteiger partial charge in [-0.15, -0.1) is 0 Å². The molecule has 5 amide bonds. The van der Waals surface area contributed by atoms with Crippen molar-refractivity contribution in [3.05, 3.63) is 108 Å². The highest BCUT2D eigenvalue weighted by molar-refractivity contribution is 5.95. The van der Waals surface area contributed by atoms with E-state index in [2.05, 4.69) is 27.8 Å². The number of nitrogens with zero attached hydrogens (tertiary/aromatic N) is 2. The minimum Gasteiger partial charge on any atom is -0.460 e. The SMILES string of the molecule is C=CCOC(=O)[C@H](Cc1cn(C(=O)OC(C)(C)C)c2ccccc12)N(C)C(=O)[C@H](CCCCNC(=O)OC(C)(C)C)NC(=O)[C@H](CCCNC(=O)OC(C)(C)C)NC(=O)OCC1c2ccccc2-c2ccccc21. The maximum atomic E-state index is 14.9. The van der Waals surface area contributed by atoms with Crippen molar-refractivity contribution in [1.29, 1.82) is 0 Å². The number of esters is 1. The number of hydrogen-bond acceptors (Lipinski definition) is 12. The summed E-state index contributed by atoms with van der Waals surface area (Å²) < 4.78 is 29.2. The van der Waals surface area contributed by atoms with Crippen molar-refractivity contribution in [3.8, 4) is 11.1 Å². The number of unbranched alkanes of at least 4 members (excludes halogenated alkanes) is 1. The topological polar surface area (TPSA) is 222 Å². The summed E-state index contributed by atoms with van der Waals surface area (Å²) in [7, 11) is 1.42. The van der Waals surface area contributed by atoms with E-state index in [-0.39, 0.29) is 57.9 Å². The molecule has 3 aromatic carbocycles. The third-order valence-electron chi connectivity index (χ3n) is 11.7. The maximum absolute atomic E-state index is 14.9. The van der Waals surface area contributed by atoms with Gasteiger partial charge < -0.3 is 49.9 Å². The molecule has 0 unspecified atom stereocenters. The van der Waals surface area contributed by atoms with Gasteiger partial charge in [0.15, 0.2) is 0 Å². The molecule has 3 atom stereocenters. The summed E-state index contributed by atoms with van der Waals surface area (Å²) in [5.41, 5.74) is 2.85. The van der Waals surface area contributed by atoms with Gasteiger partial charge in [-0.3, -0.25) is 14.2 Å². The Bertz CT molecular complexity index is 2600. The number of benzene rings is 3. The molecule has 18 heteroatoms. The predicted octanol–water partition coefficient (Wildman–Crippen LogP) is 8.92. The Morgan fingerprint density at radius 3 is 1.78 bits per heavy atom. The Morgan fingerprint density at radius 2 is 1.20 bits per heavy atom. The summed E-state index contributed by atoms with van der Waals surface area (Å²) in [5.74, 6) is -2.43. The first kappa shape index (κ1) is 57.5. The molecule has 5 rings (SSSR count). The van der Waals surface area contributed by atoms with Crippen LogP contribution in [0.15, 0.2) is 91.6 Å². The van der Waals surface area contributed by atoms with Gasteiger partial charge in [-0.2, -0.15) is 0 Å². The van der Waals surface area contributed by atoms with Crippen molar-refractivity contribution in [2.24, 2.45) is 0 Å². The number of likely N-dealkylation sites (N-methyl/N-ethyl adjacent to an activating group) is 1. The first-order valence-electron chi connectivity index (χ1n) is 25.1. The van der Waals surface area contributed by atoms with Gasteiger partial charge in [-0.1, -0.05) is 79.4 Å². The number of aromatic nitrogens is 1. The molecule has 0 saturated carbocycles. The summed E-state index contributed by atoms with van der Waals surface area (Å²) in [6.07, 6.45) is 0.978. The van der Waals surface area contributed by atoms with Crippen LogP contribution in [0.1, 0.15) is 117 Å². The van der Waals surface area contributed by atoms with E-state index in [1.54, 1.807) is 92.8 Å². The van der Waals surface area contributed by atoms with Crippen LogP contribution in [-0.2, 0) is 44.5 Å². The highest BCUT2D eigenvalue weighted by atomic mass is 16.6. The number of rotatable bonds is 21. The summed E-state index contributed by atoms with van der Waals surface area (Å²) in [6.45, 7) is 19.4. The number of hydrogen-bond donors (Lipinski definition) is 4. The average molecular weight is 1020 g/mol. The molecule has 4 aromatic rings. The zero-order valence-corrected chi connectivity index (χ0v) is 44.5. The van der Waals surface area contributed by atoms with Crippen molar-refractivity contribution >= 4 is 53.1 Å². The lowest BCUT2D eigenvalue weighted by atomic mass is 9.98. The van der Waals surface area contributed by atoms with Crippen molar-refractivity contribution in [2.45, 2.75) is 142 Å². The fourth-order valence-corrected chi connectivity index (χ4v) is 8.47. The van der Waals surface area contributed by atoms with Crippen LogP contribution in [0.25, 0.3) is 22.0 Å². The van der Waals surface area contributed by atoms with Crippen molar-refractivity contribution in [1.82, 2.24) is 30.7 Å². The number of carbonyl (C=O) groups is 7. The van der Waals surface area contributed by atoms with Crippen molar-refractivity contribution in [2.75, 3.05) is 33.4 Å². The monoisotopic (exact) mass is 1020 g/mol. The minimum absolute atomic E-state index is 0.000596. The molecular weight excluding hydrogens is 949 g/mol. The molecule has 0 spiro atoms. The Balaban J connectivity index is 1.42. The second-order valence-corrected chi connectivity index (χ2v) is 21.2. The predicted molar refractivity (Wildman–Crippen MR) is 280 cm³/mol. The van der Waals surface area contributed by atoms with Crippen LogP contribution in [0.5, 0.6) is 0 Å². The molecule has 0 radical (unpaired) electrons. The Morgan fingerprint density at radius 1 is 0.662 bits per heavy atom. The van der Waals surface area contributed by atoms with E-state index < -0.39 is 77.1 Å². The number of amides is 5. The molecule has 0 saturated heterocycles. The van der Waals surface area contributed by atoms with Gasteiger partial charge in [-0.05, 0) is 128 Å². The lowest BCUT2D eigenvalue weighted by molar-refractivity contribution is -0.154. The molecule has 400 valence electrons. The lowest BCUT2D eigenvalue weighted by Crippen LogP contribution is -2.56. The van der Waals surface area contributed by atoms with Gasteiger partial charge in [0.2, 0.25) is 11.8 Å². The standard InChI is InChI=1S/C56H74N6O12/c1-12-32-70-49(65)46(33-36-34-62(53(69)74-56(8,9)10)45-29-18-17-22-37(36)45)61(11)48(64)44(27-19-20-30-57-50(66)72-54(2,3)4)59-47(63)43(28-21-31-58-51(67)73-55(5,6)7)60-52(68)71-35-42-40-25-15-13-23-38(40)39-24-14-16-26-41(39)42/h12-18,22-26,29,34,42-44,46H,1,19-21,27-28,30-33,35H2,2-11H3,(H,57,66)(H,58,67)(H,59,63)(H,60,68)/t43-,44-,46-/m0/s1. The van der Waals surface area contributed by atoms with Crippen LogP contribution in [0, 0.1) is 0 Å². The molecule has 0 bridgehead atoms. The quantitative estimate of drug-likeness (QED) is 0.0266. The fourth-order valence-electron chi connectivity index (χ4n) is 8.47. The summed E-state index contributed by atoms with van der Waals surface area (Å²) >= 11 is 0. The van der Waals surface area contributed by atoms with Crippen LogP contribution in [-0.4, -0.2) is 120 Å². The average Bonchev–Trinajstić information content (AvgIpc) is 3.85. The number of nitrogens with one attached hydrogen (secondary N) is 4. The number of para-hydroxylation sites is 1. The van der Waals surface area contributed by atoms with Gasteiger partial charge >= 0.3 is 30.3 Å². The summed E-state index contributed by atoms with van der Waals surface area (Å²) in [5, 5.41) is 11.6. The third-order valence-corrected chi connectivity index (χ3v) is 11.7. The fraction of sp³-hybridized carbons (Fsp3) is 0.482. The van der Waals surface area contributed by atoms with Crippen LogP contribution in [0.2, 0.25) is 0 Å². The lowest BCUT2D eigenvalue weighted by Gasteiger charge is -2.31. The number of ether oxygens (including phenoxy) is 5. The molecule has 1 aliphatic rings. The Kier molecular flexibility index (Phi) is 19.8. The van der Waals surface area contributed by atoms with Gasteiger partial charge in [0, 0.05) is 44.1 Å². The van der Waals surface area contributed by atoms with Crippen LogP contribution < -0.4 is 21.3 Å². The van der Waals surface area contributed by atoms with E-state index in [1.165, 1.54) is 22.6 Å². The smallest absolute Gasteiger partial charge is 0.419 e. The summed E-state index contributed by atoms with van der Waals surface area (Å²) in [6, 6.07) is 19.0. The zero-order chi connectivity index (χ0) is 54.4. The Hall–Kier alpha value is -7.37. The van der Waals surface area contributed by atoms with E-state index in [0.717, 1.165) is 22.3 Å². The normalized spacial score (nSPS) is 13.5. The molecule has 1 heterocycles.